The molecule has 2 aromatic heterocycles. The van der Waals surface area contributed by atoms with Gasteiger partial charge >= 0.3 is 0 Å². The van der Waals surface area contributed by atoms with Crippen LogP contribution < -0.4 is 5.32 Å². The van der Waals surface area contributed by atoms with E-state index in [0.717, 1.165) is 40.6 Å². The zero-order chi connectivity index (χ0) is 20.9. The lowest BCUT2D eigenvalue weighted by Gasteiger charge is -2.15. The van der Waals surface area contributed by atoms with Gasteiger partial charge in [0.15, 0.2) is 5.65 Å². The molecule has 3 rings (SSSR count). The average Bonchev–Trinajstić information content (AvgIpc) is 3.03. The number of nitriles is 1. The Kier molecular flexibility index (Phi) is 7.06. The average molecular weight is 472 g/mol. The summed E-state index contributed by atoms with van der Waals surface area (Å²) in [5.41, 5.74) is 4.74. The largest absolute Gasteiger partial charge is 0.384 e. The van der Waals surface area contributed by atoms with Crippen molar-refractivity contribution in [2.24, 2.45) is 0 Å². The molecule has 0 aliphatic rings. The molecular weight excluding hydrogens is 446 g/mol. The highest BCUT2D eigenvalue weighted by molar-refractivity contribution is 9.10. The Morgan fingerprint density at radius 2 is 2.00 bits per heavy atom. The van der Waals surface area contributed by atoms with Crippen LogP contribution >= 0.6 is 15.9 Å². The number of halogens is 1. The molecule has 0 radical (unpaired) electrons. The summed E-state index contributed by atoms with van der Waals surface area (Å²) in [6.45, 7) is 8.91. The number of anilines is 1. The molecule has 8 heteroatoms. The summed E-state index contributed by atoms with van der Waals surface area (Å²) in [6.07, 6.45) is 4.26. The summed E-state index contributed by atoms with van der Waals surface area (Å²) >= 11 is 3.44. The standard InChI is InChI=1S/C21H26BrN5OSi/c1-29(2,3)12-11-28-15-27-14-18(20-21(27)25-13-19(22)26-20)16-5-7-17(8-6-16)24-10-4-9-23/h5-8,13-14,24H,4,10-12,15H2,1-3H3. The van der Waals surface area contributed by atoms with Gasteiger partial charge in [-0.05, 0) is 39.7 Å². The Morgan fingerprint density at radius 1 is 1.24 bits per heavy atom. The number of benzene rings is 1. The number of nitrogens with zero attached hydrogens (tertiary/aromatic N) is 4. The number of nitrogens with one attached hydrogen (secondary N) is 1. The molecule has 0 amide bonds. The zero-order valence-electron chi connectivity index (χ0n) is 17.1. The number of aromatic nitrogens is 3. The summed E-state index contributed by atoms with van der Waals surface area (Å²) in [5.74, 6) is 0. The van der Waals surface area contributed by atoms with Crippen LogP contribution in [-0.2, 0) is 11.5 Å². The smallest absolute Gasteiger partial charge is 0.161 e. The topological polar surface area (TPSA) is 75.8 Å². The van der Waals surface area contributed by atoms with Crippen LogP contribution in [0.1, 0.15) is 6.42 Å². The highest BCUT2D eigenvalue weighted by atomic mass is 79.9. The maximum Gasteiger partial charge on any atom is 0.161 e. The Hall–Kier alpha value is -2.21. The SMILES string of the molecule is C[Si](C)(C)CCOCn1cc(-c2ccc(NCCC#N)cc2)c2nc(Br)cnc21. The summed E-state index contributed by atoms with van der Waals surface area (Å²) in [6, 6.07) is 11.4. The van der Waals surface area contributed by atoms with Gasteiger partial charge in [0.25, 0.3) is 0 Å². The van der Waals surface area contributed by atoms with Gasteiger partial charge in [0.2, 0.25) is 0 Å². The third kappa shape index (κ3) is 5.89. The van der Waals surface area contributed by atoms with Crippen molar-refractivity contribution in [3.05, 3.63) is 41.3 Å². The molecule has 0 saturated carbocycles. The van der Waals surface area contributed by atoms with Gasteiger partial charge in [-0.2, -0.15) is 5.26 Å². The van der Waals surface area contributed by atoms with Crippen molar-refractivity contribution in [2.75, 3.05) is 18.5 Å². The van der Waals surface area contributed by atoms with Crippen LogP contribution in [0.4, 0.5) is 5.69 Å². The van der Waals surface area contributed by atoms with E-state index in [2.05, 4.69) is 75.3 Å². The molecule has 0 aliphatic heterocycles. The molecule has 152 valence electrons. The van der Waals surface area contributed by atoms with Gasteiger partial charge in [0, 0.05) is 38.7 Å². The van der Waals surface area contributed by atoms with Crippen LogP contribution in [0.25, 0.3) is 22.3 Å². The van der Waals surface area contributed by atoms with Crippen molar-refractivity contribution in [1.29, 1.82) is 5.26 Å². The highest BCUT2D eigenvalue weighted by Gasteiger charge is 2.15. The first-order chi connectivity index (χ1) is 13.9. The Balaban J connectivity index is 1.82. The number of fused-ring (bicyclic) bond motifs is 1. The lowest BCUT2D eigenvalue weighted by molar-refractivity contribution is 0.0899. The summed E-state index contributed by atoms with van der Waals surface area (Å²) in [4.78, 5) is 9.22. The molecule has 0 spiro atoms. The van der Waals surface area contributed by atoms with Crippen LogP contribution in [-0.4, -0.2) is 35.8 Å². The second-order valence-corrected chi connectivity index (χ2v) is 14.6. The van der Waals surface area contributed by atoms with Crippen molar-refractivity contribution in [1.82, 2.24) is 14.5 Å². The van der Waals surface area contributed by atoms with E-state index >= 15 is 0 Å². The quantitative estimate of drug-likeness (QED) is 0.329. The van der Waals surface area contributed by atoms with E-state index < -0.39 is 8.07 Å². The van der Waals surface area contributed by atoms with E-state index in [0.29, 0.717) is 24.3 Å². The van der Waals surface area contributed by atoms with Crippen LogP contribution in [0.2, 0.25) is 25.7 Å². The minimum Gasteiger partial charge on any atom is -0.384 e. The summed E-state index contributed by atoms with van der Waals surface area (Å²) in [5, 5.41) is 11.9. The van der Waals surface area contributed by atoms with E-state index in [1.165, 1.54) is 0 Å². The molecule has 0 saturated heterocycles. The Bertz CT molecular complexity index is 1000. The van der Waals surface area contributed by atoms with Gasteiger partial charge in [-0.3, -0.25) is 0 Å². The maximum atomic E-state index is 8.66. The number of hydrogen-bond donors (Lipinski definition) is 1. The van der Waals surface area contributed by atoms with Crippen molar-refractivity contribution >= 4 is 40.9 Å². The zero-order valence-corrected chi connectivity index (χ0v) is 19.7. The van der Waals surface area contributed by atoms with Crippen molar-refractivity contribution in [3.8, 4) is 17.2 Å². The van der Waals surface area contributed by atoms with Crippen LogP contribution in [0.3, 0.4) is 0 Å². The van der Waals surface area contributed by atoms with Gasteiger partial charge in [-0.15, -0.1) is 0 Å². The van der Waals surface area contributed by atoms with Crippen molar-refractivity contribution < 1.29 is 4.74 Å². The predicted molar refractivity (Wildman–Crippen MR) is 123 cm³/mol. The molecule has 0 atom stereocenters. The van der Waals surface area contributed by atoms with E-state index in [1.54, 1.807) is 6.20 Å². The van der Waals surface area contributed by atoms with Crippen LogP contribution in [0.15, 0.2) is 41.3 Å². The molecule has 6 nitrogen and oxygen atoms in total. The third-order valence-corrected chi connectivity index (χ3v) is 6.61. The van der Waals surface area contributed by atoms with Crippen molar-refractivity contribution in [3.63, 3.8) is 0 Å². The lowest BCUT2D eigenvalue weighted by Crippen LogP contribution is -2.22. The third-order valence-electron chi connectivity index (χ3n) is 4.52. The van der Waals surface area contributed by atoms with Gasteiger partial charge in [0.05, 0.1) is 18.7 Å². The van der Waals surface area contributed by atoms with Gasteiger partial charge in [0.1, 0.15) is 16.9 Å². The second-order valence-electron chi connectivity index (χ2n) is 8.14. The molecule has 0 bridgehead atoms. The first-order valence-electron chi connectivity index (χ1n) is 9.68. The lowest BCUT2D eigenvalue weighted by atomic mass is 10.1. The Morgan fingerprint density at radius 3 is 2.69 bits per heavy atom. The fraction of sp³-hybridized carbons (Fsp3) is 0.381. The van der Waals surface area contributed by atoms with E-state index in [9.17, 15) is 0 Å². The first-order valence-corrected chi connectivity index (χ1v) is 14.2. The molecule has 3 aromatic rings. The number of rotatable bonds is 9. The number of hydrogen-bond acceptors (Lipinski definition) is 5. The number of ether oxygens (including phenoxy) is 1. The second kappa shape index (κ2) is 9.52. The molecule has 1 N–H and O–H groups in total. The van der Waals surface area contributed by atoms with E-state index in [1.807, 2.05) is 16.7 Å². The monoisotopic (exact) mass is 471 g/mol. The molecule has 29 heavy (non-hydrogen) atoms. The van der Waals surface area contributed by atoms with Crippen LogP contribution in [0, 0.1) is 11.3 Å². The molecule has 2 heterocycles. The van der Waals surface area contributed by atoms with Gasteiger partial charge in [-0.1, -0.05) is 31.8 Å². The normalized spacial score (nSPS) is 11.6. The molecule has 1 aromatic carbocycles. The van der Waals surface area contributed by atoms with Gasteiger partial charge < -0.3 is 14.6 Å². The first kappa shape index (κ1) is 21.5. The minimum atomic E-state index is -1.11. The fourth-order valence-corrected chi connectivity index (χ4v) is 3.95. The maximum absolute atomic E-state index is 8.66. The van der Waals surface area contributed by atoms with E-state index in [-0.39, 0.29) is 0 Å². The van der Waals surface area contributed by atoms with E-state index in [4.69, 9.17) is 10.00 Å². The molecular formula is C21H26BrN5OSi. The molecule has 0 fully saturated rings. The highest BCUT2D eigenvalue weighted by Crippen LogP contribution is 2.30. The fourth-order valence-electron chi connectivity index (χ4n) is 2.91. The Labute approximate surface area is 181 Å². The van der Waals surface area contributed by atoms with Gasteiger partial charge in [-0.25, -0.2) is 9.97 Å². The molecule has 0 unspecified atom stereocenters. The summed E-state index contributed by atoms with van der Waals surface area (Å²) < 4.78 is 8.67. The molecule has 0 aliphatic carbocycles. The minimum absolute atomic E-state index is 0.463. The summed E-state index contributed by atoms with van der Waals surface area (Å²) in [7, 11) is -1.11. The predicted octanol–water partition coefficient (Wildman–Crippen LogP) is 5.50. The van der Waals surface area contributed by atoms with Crippen LogP contribution in [0.5, 0.6) is 0 Å². The van der Waals surface area contributed by atoms with Crippen molar-refractivity contribution in [2.45, 2.75) is 38.8 Å².